The molecule has 12 heavy (non-hydrogen) atoms. The molecule has 0 aliphatic carbocycles. The van der Waals surface area contributed by atoms with Gasteiger partial charge in [-0.1, -0.05) is 17.7 Å². The molecule has 0 spiro atoms. The fourth-order valence-corrected chi connectivity index (χ4v) is 0.695. The molecule has 0 aliphatic rings. The molecule has 0 atom stereocenters. The van der Waals surface area contributed by atoms with Crippen LogP contribution in [0.5, 0.6) is 0 Å². The maximum absolute atomic E-state index is 12.3. The van der Waals surface area contributed by atoms with Crippen LogP contribution < -0.4 is 5.84 Å². The molecule has 0 amide bonds. The number of nitrogens with zero attached hydrogens (tertiary/aromatic N) is 1. The molecule has 2 nitrogen and oxygen atoms in total. The van der Waals surface area contributed by atoms with Crippen LogP contribution >= 0.6 is 0 Å². The molecule has 1 aromatic rings. The van der Waals surface area contributed by atoms with E-state index < -0.39 is 0 Å². The van der Waals surface area contributed by atoms with Gasteiger partial charge in [-0.3, -0.25) is 0 Å². The Bertz CT molecular complexity index is 201. The van der Waals surface area contributed by atoms with Gasteiger partial charge >= 0.3 is 0 Å². The monoisotopic (exact) mass is 243 g/mol. The van der Waals surface area contributed by atoms with Crippen LogP contribution in [0.3, 0.4) is 0 Å². The summed E-state index contributed by atoms with van der Waals surface area (Å²) in [6.07, 6.45) is 0. The van der Waals surface area contributed by atoms with Crippen molar-refractivity contribution in [2.24, 2.45) is 5.84 Å². The van der Waals surface area contributed by atoms with Gasteiger partial charge in [0.05, 0.1) is 0 Å². The molecule has 0 heterocycles. The topological polar surface area (TPSA) is 40.1 Å². The van der Waals surface area contributed by atoms with Crippen molar-refractivity contribution in [3.63, 3.8) is 0 Å². The molecule has 0 aliphatic heterocycles. The van der Waals surface area contributed by atoms with Crippen LogP contribution in [0.15, 0.2) is 24.3 Å². The number of hydrogen-bond acceptors (Lipinski definition) is 1. The second-order valence-corrected chi connectivity index (χ2v) is 1.97. The molecule has 65 valence electrons. The summed E-state index contributed by atoms with van der Waals surface area (Å²) in [6.45, 7) is 0.445. The van der Waals surface area contributed by atoms with E-state index in [0.717, 1.165) is 5.56 Å². The molecular weight excluding hydrogens is 232 g/mol. The Morgan fingerprint density at radius 2 is 1.75 bits per heavy atom. The van der Waals surface area contributed by atoms with E-state index in [-0.39, 0.29) is 46.0 Å². The summed E-state index contributed by atoms with van der Waals surface area (Å²) < 4.78 is 12.3. The van der Waals surface area contributed by atoms with Crippen LogP contribution in [-0.2, 0) is 39.3 Å². The van der Waals surface area contributed by atoms with E-state index in [1.54, 1.807) is 12.1 Å². The van der Waals surface area contributed by atoms with Gasteiger partial charge in [0.2, 0.25) is 0 Å². The van der Waals surface area contributed by atoms with E-state index in [2.05, 4.69) is 5.43 Å². The summed E-state index contributed by atoms with van der Waals surface area (Å²) in [5, 5.41) is 0. The number of halogens is 1. The van der Waals surface area contributed by atoms with Gasteiger partial charge < -0.3 is 18.7 Å². The predicted octanol–water partition coefficient (Wildman–Crippen LogP) is 2.02. The van der Waals surface area contributed by atoms with Crippen molar-refractivity contribution in [2.45, 2.75) is 6.54 Å². The normalized spacial score (nSPS) is 8.17. The maximum Gasteiger partial charge on any atom is 0.123 e. The van der Waals surface area contributed by atoms with Gasteiger partial charge in [-0.25, -0.2) is 4.39 Å². The van der Waals surface area contributed by atoms with Gasteiger partial charge in [-0.05, 0) is 12.1 Å². The maximum atomic E-state index is 12.3. The molecule has 0 fully saturated rings. The molecule has 1 aromatic carbocycles. The molecule has 4 heteroatoms. The molecule has 1 radical (unpaired) electrons. The van der Waals surface area contributed by atoms with Crippen LogP contribution in [-0.4, -0.2) is 0 Å². The zero-order chi connectivity index (χ0) is 7.40. The van der Waals surface area contributed by atoms with Crippen molar-refractivity contribution in [3.8, 4) is 0 Å². The summed E-state index contributed by atoms with van der Waals surface area (Å²) in [5.41, 5.74) is 4.33. The van der Waals surface area contributed by atoms with Gasteiger partial charge in [0.25, 0.3) is 0 Å². The summed E-state index contributed by atoms with van der Waals surface area (Å²) >= 11 is 0. The minimum atomic E-state index is -0.235. The minimum absolute atomic E-state index is 0. The molecule has 0 saturated heterocycles. The van der Waals surface area contributed by atoms with E-state index in [1.807, 2.05) is 0 Å². The standard InChI is InChI=1S/C7H8FN2.CH3.Y/c8-7-3-1-6(2-4-7)5-10-9;;/h1-4H,5,9H2;1H3;/q2*-1;. The van der Waals surface area contributed by atoms with E-state index in [9.17, 15) is 4.39 Å². The summed E-state index contributed by atoms with van der Waals surface area (Å²) in [7, 11) is 0. The Morgan fingerprint density at radius 1 is 1.25 bits per heavy atom. The van der Waals surface area contributed by atoms with Crippen molar-refractivity contribution in [1.82, 2.24) is 0 Å². The van der Waals surface area contributed by atoms with Gasteiger partial charge in [0.15, 0.2) is 0 Å². The van der Waals surface area contributed by atoms with Crippen molar-refractivity contribution in [1.29, 1.82) is 0 Å². The number of nitrogens with two attached hydrogens (primary N) is 1. The molecule has 0 aromatic heterocycles. The molecule has 2 N–H and O–H groups in total. The summed E-state index contributed by atoms with van der Waals surface area (Å²) in [6, 6.07) is 6.10. The first-order valence-corrected chi connectivity index (χ1v) is 2.94. The Morgan fingerprint density at radius 3 is 2.17 bits per heavy atom. The van der Waals surface area contributed by atoms with Gasteiger partial charge in [-0.15, -0.1) is 6.54 Å². The van der Waals surface area contributed by atoms with E-state index in [1.165, 1.54) is 12.1 Å². The summed E-state index contributed by atoms with van der Waals surface area (Å²) in [4.78, 5) is 0. The number of hydrogen-bond donors (Lipinski definition) is 1. The average molecular weight is 243 g/mol. The van der Waals surface area contributed by atoms with Crippen molar-refractivity contribution < 1.29 is 37.1 Å². The molecular formula is C8H11FN2Y-2. The van der Waals surface area contributed by atoms with Crippen molar-refractivity contribution in [3.05, 3.63) is 48.5 Å². The molecule has 0 bridgehead atoms. The van der Waals surface area contributed by atoms with Crippen LogP contribution in [0, 0.1) is 13.2 Å². The third-order valence-electron chi connectivity index (χ3n) is 1.19. The Hall–Kier alpha value is 0.174. The summed E-state index contributed by atoms with van der Waals surface area (Å²) in [5.74, 6) is 4.69. The average Bonchev–Trinajstić information content (AvgIpc) is 1.95. The Balaban J connectivity index is 0. The van der Waals surface area contributed by atoms with Crippen LogP contribution in [0.2, 0.25) is 0 Å². The first-order valence-electron chi connectivity index (χ1n) is 2.94. The SMILES string of the molecule is N[N-]Cc1ccc(F)cc1.[CH3-].[Y]. The third kappa shape index (κ3) is 4.93. The number of benzene rings is 1. The molecule has 1 rings (SSSR count). The smallest absolute Gasteiger partial charge is 0.123 e. The fraction of sp³-hybridized carbons (Fsp3) is 0.125. The van der Waals surface area contributed by atoms with Gasteiger partial charge in [0.1, 0.15) is 5.82 Å². The van der Waals surface area contributed by atoms with Gasteiger partial charge in [-0.2, -0.15) is 0 Å². The van der Waals surface area contributed by atoms with Crippen molar-refractivity contribution in [2.75, 3.05) is 0 Å². The van der Waals surface area contributed by atoms with Crippen LogP contribution in [0.1, 0.15) is 5.56 Å². The quantitative estimate of drug-likeness (QED) is 0.481. The van der Waals surface area contributed by atoms with E-state index in [4.69, 9.17) is 5.84 Å². The fourth-order valence-electron chi connectivity index (χ4n) is 0.695. The van der Waals surface area contributed by atoms with Crippen LogP contribution in [0.4, 0.5) is 4.39 Å². The molecule has 0 saturated carbocycles. The zero-order valence-corrected chi connectivity index (χ0v) is 9.83. The number of rotatable bonds is 2. The Labute approximate surface area is 97.6 Å². The van der Waals surface area contributed by atoms with Gasteiger partial charge in [0, 0.05) is 32.7 Å². The zero-order valence-electron chi connectivity index (χ0n) is 7.00. The van der Waals surface area contributed by atoms with E-state index >= 15 is 0 Å². The minimum Gasteiger partial charge on any atom is -0.596 e. The molecule has 0 unspecified atom stereocenters. The first kappa shape index (κ1) is 14.7. The van der Waals surface area contributed by atoms with E-state index in [0.29, 0.717) is 6.54 Å². The van der Waals surface area contributed by atoms with Crippen LogP contribution in [0.25, 0.3) is 5.43 Å². The third-order valence-corrected chi connectivity index (χ3v) is 1.19. The second-order valence-electron chi connectivity index (χ2n) is 1.97. The predicted molar refractivity (Wildman–Crippen MR) is 44.1 cm³/mol. The Kier molecular flexibility index (Phi) is 9.55. The largest absolute Gasteiger partial charge is 0.596 e. The second kappa shape index (κ2) is 7.80. The van der Waals surface area contributed by atoms with Crippen molar-refractivity contribution >= 4 is 0 Å². The first-order chi connectivity index (χ1) is 4.83.